The first-order valence-corrected chi connectivity index (χ1v) is 9.36. The first-order valence-electron chi connectivity index (χ1n) is 9.36. The third-order valence-electron chi connectivity index (χ3n) is 4.60. The van der Waals surface area contributed by atoms with Gasteiger partial charge in [-0.1, -0.05) is 26.8 Å². The molecule has 2 aromatic heterocycles. The van der Waals surface area contributed by atoms with Gasteiger partial charge in [0.05, 0.1) is 11.9 Å². The van der Waals surface area contributed by atoms with Crippen molar-refractivity contribution in [3.05, 3.63) is 42.0 Å². The lowest BCUT2D eigenvalue weighted by molar-refractivity contribution is -0.139. The largest absolute Gasteiger partial charge is 0.352 e. The van der Waals surface area contributed by atoms with Gasteiger partial charge >= 0.3 is 0 Å². The zero-order valence-corrected chi connectivity index (χ0v) is 16.8. The molecule has 8 heteroatoms. The number of aryl methyl sites for hydroxylation is 1. The Balaban J connectivity index is 0.00000225. The second-order valence-corrected chi connectivity index (χ2v) is 7.86. The van der Waals surface area contributed by atoms with Crippen LogP contribution >= 0.6 is 0 Å². The molecule has 152 valence electrons. The molecule has 0 aliphatic carbocycles. The maximum atomic E-state index is 12.6. The number of anilines is 2. The van der Waals surface area contributed by atoms with Gasteiger partial charge in [0.1, 0.15) is 11.6 Å². The molecule has 0 unspecified atom stereocenters. The summed E-state index contributed by atoms with van der Waals surface area (Å²) in [5.41, 5.74) is 0.442. The van der Waals surface area contributed by atoms with Crippen LogP contribution in [0.25, 0.3) is 0 Å². The summed E-state index contributed by atoms with van der Waals surface area (Å²) in [6, 6.07) is 5.30. The molecule has 1 aliphatic rings. The molecule has 0 bridgehead atoms. The van der Waals surface area contributed by atoms with Crippen molar-refractivity contribution in [2.24, 2.45) is 5.41 Å². The molecule has 8 nitrogen and oxygen atoms in total. The van der Waals surface area contributed by atoms with Crippen LogP contribution in [0, 0.1) is 12.3 Å². The van der Waals surface area contributed by atoms with E-state index in [9.17, 15) is 9.59 Å². The summed E-state index contributed by atoms with van der Waals surface area (Å²) in [7, 11) is 0. The fourth-order valence-corrected chi connectivity index (χ4v) is 3.03. The van der Waals surface area contributed by atoms with E-state index in [2.05, 4.69) is 25.2 Å². The Hall–Kier alpha value is -3.03. The zero-order valence-electron chi connectivity index (χ0n) is 16.8. The predicted molar refractivity (Wildman–Crippen MR) is 111 cm³/mol. The topological polar surface area (TPSA) is 91.3 Å². The molecule has 3 rings (SSSR count). The van der Waals surface area contributed by atoms with Crippen LogP contribution in [0.1, 0.15) is 39.8 Å². The number of pyridine rings is 1. The fraction of sp³-hybridized carbons (Fsp3) is 0.450. The van der Waals surface area contributed by atoms with Crippen molar-refractivity contribution in [1.82, 2.24) is 19.9 Å². The van der Waals surface area contributed by atoms with Crippen LogP contribution in [0.3, 0.4) is 0 Å². The van der Waals surface area contributed by atoms with Crippen molar-refractivity contribution >= 4 is 23.5 Å². The van der Waals surface area contributed by atoms with Crippen LogP contribution in [-0.2, 0) is 4.79 Å². The second-order valence-electron chi connectivity index (χ2n) is 7.86. The van der Waals surface area contributed by atoms with E-state index in [-0.39, 0.29) is 25.8 Å². The predicted octanol–water partition coefficient (Wildman–Crippen LogP) is 2.62. The third kappa shape index (κ3) is 4.44. The summed E-state index contributed by atoms with van der Waals surface area (Å²) in [6.07, 6.45) is 3.29. The molecule has 1 aliphatic heterocycles. The molecule has 1 fully saturated rings. The molecule has 2 aromatic rings. The Bertz CT molecular complexity index is 865. The van der Waals surface area contributed by atoms with Gasteiger partial charge in [-0.2, -0.15) is 0 Å². The monoisotopic (exact) mass is 386 g/mol. The smallest absolute Gasteiger partial charge is 0.277 e. The lowest BCUT2D eigenvalue weighted by Crippen LogP contribution is -2.52. The van der Waals surface area contributed by atoms with E-state index >= 15 is 0 Å². The number of piperazine rings is 1. The Kier molecular flexibility index (Phi) is 5.58. The highest BCUT2D eigenvalue weighted by Crippen LogP contribution is 2.21. The normalized spacial score (nSPS) is 14.7. The number of aromatic nitrogens is 3. The highest BCUT2D eigenvalue weighted by atomic mass is 16.2. The van der Waals surface area contributed by atoms with E-state index in [1.807, 2.05) is 25.7 Å². The minimum atomic E-state index is -0.386. The molecule has 0 aromatic carbocycles. The Morgan fingerprint density at radius 2 is 1.82 bits per heavy atom. The number of rotatable bonds is 3. The third-order valence-corrected chi connectivity index (χ3v) is 4.60. The van der Waals surface area contributed by atoms with E-state index in [0.29, 0.717) is 43.5 Å². The Morgan fingerprint density at radius 3 is 2.43 bits per heavy atom. The van der Waals surface area contributed by atoms with Crippen molar-refractivity contribution in [2.45, 2.75) is 27.7 Å². The average Bonchev–Trinajstić information content (AvgIpc) is 2.68. The molecule has 0 radical (unpaired) electrons. The van der Waals surface area contributed by atoms with Gasteiger partial charge in [-0.15, -0.1) is 0 Å². The van der Waals surface area contributed by atoms with Crippen LogP contribution in [0.4, 0.5) is 11.6 Å². The van der Waals surface area contributed by atoms with E-state index in [1.165, 1.54) is 0 Å². The second kappa shape index (κ2) is 7.92. The summed E-state index contributed by atoms with van der Waals surface area (Å²) < 4.78 is 0. The van der Waals surface area contributed by atoms with E-state index in [4.69, 9.17) is 0 Å². The van der Waals surface area contributed by atoms with Gasteiger partial charge in [0.25, 0.3) is 5.91 Å². The lowest BCUT2D eigenvalue weighted by atomic mass is 9.94. The standard InChI is InChI=1S/C20H26N6O2.2H2/c1-14-17(18(27)23-15-7-5-6-8-21-15)24-16(13-22-14)25-9-11-26(12-10-25)19(28)20(2,3)4;;/h5-8,13H,9-12H2,1-4H3,(H,21,23,27);2*1H. The van der Waals surface area contributed by atoms with Gasteiger partial charge in [0.2, 0.25) is 5.91 Å². The fourth-order valence-electron chi connectivity index (χ4n) is 3.03. The molecule has 28 heavy (non-hydrogen) atoms. The van der Waals surface area contributed by atoms with Crippen molar-refractivity contribution < 1.29 is 12.4 Å². The molecular formula is C20H30N6O2. The first kappa shape index (κ1) is 19.7. The van der Waals surface area contributed by atoms with Gasteiger partial charge in [-0.25, -0.2) is 9.97 Å². The van der Waals surface area contributed by atoms with E-state index in [1.54, 1.807) is 37.5 Å². The van der Waals surface area contributed by atoms with E-state index < -0.39 is 0 Å². The summed E-state index contributed by atoms with van der Waals surface area (Å²) in [6.45, 7) is 10.1. The SMILES string of the molecule is Cc1ncc(N2CCN(C(=O)C(C)(C)C)CC2)nc1C(=O)Nc1ccccn1.[HH].[HH]. The van der Waals surface area contributed by atoms with Gasteiger partial charge in [-0.3, -0.25) is 14.6 Å². The molecule has 0 saturated carbocycles. The van der Waals surface area contributed by atoms with Gasteiger partial charge < -0.3 is 15.1 Å². The molecular weight excluding hydrogens is 356 g/mol. The number of nitrogens with one attached hydrogen (secondary N) is 1. The summed E-state index contributed by atoms with van der Waals surface area (Å²) in [4.78, 5) is 42.0. The summed E-state index contributed by atoms with van der Waals surface area (Å²) >= 11 is 0. The van der Waals surface area contributed by atoms with Crippen molar-refractivity contribution in [2.75, 3.05) is 36.4 Å². The zero-order chi connectivity index (χ0) is 20.3. The van der Waals surface area contributed by atoms with Crippen LogP contribution in [-0.4, -0.2) is 57.8 Å². The highest BCUT2D eigenvalue weighted by Gasteiger charge is 2.30. The number of nitrogens with zero attached hydrogens (tertiary/aromatic N) is 5. The average molecular weight is 386 g/mol. The van der Waals surface area contributed by atoms with Crippen LogP contribution in [0.5, 0.6) is 0 Å². The quantitative estimate of drug-likeness (QED) is 0.872. The number of carbonyl (C=O) groups is 2. The number of hydrogen-bond acceptors (Lipinski definition) is 6. The molecule has 0 atom stereocenters. The number of carbonyl (C=O) groups excluding carboxylic acids is 2. The Labute approximate surface area is 168 Å². The van der Waals surface area contributed by atoms with Gasteiger partial charge in [-0.05, 0) is 19.1 Å². The summed E-state index contributed by atoms with van der Waals surface area (Å²) in [5.74, 6) is 0.915. The molecule has 0 spiro atoms. The minimum Gasteiger partial charge on any atom is -0.352 e. The maximum Gasteiger partial charge on any atom is 0.277 e. The van der Waals surface area contributed by atoms with Gasteiger partial charge in [0, 0.05) is 40.6 Å². The number of amides is 2. The van der Waals surface area contributed by atoms with Gasteiger partial charge in [0.15, 0.2) is 5.69 Å². The van der Waals surface area contributed by atoms with Crippen LogP contribution in [0.15, 0.2) is 30.6 Å². The van der Waals surface area contributed by atoms with Crippen molar-refractivity contribution in [1.29, 1.82) is 0 Å². The van der Waals surface area contributed by atoms with E-state index in [0.717, 1.165) is 0 Å². The molecule has 3 heterocycles. The minimum absolute atomic E-state index is 0. The van der Waals surface area contributed by atoms with Crippen molar-refractivity contribution in [3.8, 4) is 0 Å². The first-order chi connectivity index (χ1) is 13.3. The molecule has 1 N–H and O–H groups in total. The molecule has 2 amide bonds. The van der Waals surface area contributed by atoms with Crippen molar-refractivity contribution in [3.63, 3.8) is 0 Å². The highest BCUT2D eigenvalue weighted by molar-refractivity contribution is 6.03. The summed E-state index contributed by atoms with van der Waals surface area (Å²) in [5, 5.41) is 2.74. The Morgan fingerprint density at radius 1 is 1.11 bits per heavy atom. The maximum absolute atomic E-state index is 12.6. The number of hydrogen-bond donors (Lipinski definition) is 1. The van der Waals surface area contributed by atoms with Crippen LogP contribution < -0.4 is 10.2 Å². The lowest BCUT2D eigenvalue weighted by Gasteiger charge is -2.38. The molecule has 1 saturated heterocycles. The van der Waals surface area contributed by atoms with Crippen LogP contribution in [0.2, 0.25) is 0 Å².